The molecule has 5 rings (SSSR count). The number of sulfone groups is 1. The Balaban J connectivity index is 1.29. The largest absolute Gasteiger partial charge is 0.494 e. The number of nitrogens with zero attached hydrogens (tertiary/aromatic N) is 2. The Hall–Kier alpha value is -3.46. The van der Waals surface area contributed by atoms with Crippen molar-refractivity contribution in [3.8, 4) is 5.75 Å². The van der Waals surface area contributed by atoms with Crippen molar-refractivity contribution in [1.29, 1.82) is 0 Å². The topological polar surface area (TPSA) is 88.6 Å². The first-order valence-corrected chi connectivity index (χ1v) is 15.0. The fourth-order valence-electron chi connectivity index (χ4n) is 5.76. The number of ether oxygens (including phenoxy) is 1. The fourth-order valence-corrected chi connectivity index (χ4v) is 7.11. The van der Waals surface area contributed by atoms with Crippen LogP contribution in [0.3, 0.4) is 0 Å². The molecule has 39 heavy (non-hydrogen) atoms. The van der Waals surface area contributed by atoms with E-state index >= 15 is 0 Å². The molecule has 2 heterocycles. The zero-order valence-corrected chi connectivity index (χ0v) is 22.9. The summed E-state index contributed by atoms with van der Waals surface area (Å²) < 4.78 is 45.6. The smallest absolute Gasteiger partial charge is 0.243 e. The predicted molar refractivity (Wildman–Crippen MR) is 147 cm³/mol. The van der Waals surface area contributed by atoms with Gasteiger partial charge in [0.2, 0.25) is 15.7 Å². The molecule has 2 aromatic carbocycles. The molecule has 9 heteroatoms. The second-order valence-corrected chi connectivity index (χ2v) is 12.2. The van der Waals surface area contributed by atoms with E-state index in [4.69, 9.17) is 4.74 Å². The molecule has 1 aromatic heterocycles. The maximum atomic E-state index is 14.6. The molecule has 0 bridgehead atoms. The summed E-state index contributed by atoms with van der Waals surface area (Å²) in [4.78, 5) is 19.6. The van der Waals surface area contributed by atoms with E-state index in [1.54, 1.807) is 18.3 Å². The molecule has 1 N–H and O–H groups in total. The molecular weight excluding hydrogens is 517 g/mol. The average Bonchev–Trinajstić information content (AvgIpc) is 3.31. The highest BCUT2D eigenvalue weighted by atomic mass is 32.2. The third-order valence-corrected chi connectivity index (χ3v) is 9.60. The van der Waals surface area contributed by atoms with Gasteiger partial charge in [0, 0.05) is 37.1 Å². The van der Waals surface area contributed by atoms with Gasteiger partial charge in [-0.3, -0.25) is 9.78 Å². The highest BCUT2D eigenvalue weighted by Gasteiger charge is 2.38. The number of hydrogen-bond donors (Lipinski definition) is 1. The van der Waals surface area contributed by atoms with Crippen molar-refractivity contribution in [1.82, 2.24) is 10.3 Å². The summed E-state index contributed by atoms with van der Waals surface area (Å²) in [6.45, 7) is 0.260. The highest BCUT2D eigenvalue weighted by molar-refractivity contribution is 7.91. The quantitative estimate of drug-likeness (QED) is 0.433. The van der Waals surface area contributed by atoms with E-state index in [0.717, 1.165) is 29.7 Å². The molecule has 7 nitrogen and oxygen atoms in total. The van der Waals surface area contributed by atoms with Crippen LogP contribution in [0.5, 0.6) is 5.75 Å². The molecule has 1 fully saturated rings. The number of pyridine rings is 1. The SMILES string of the molecule is COc1cccc(S(=O)(=O)c2ccc(CNC(=O)C3Cc4cnccc4N3C3CCCCCCC3)cc2)c1F. The van der Waals surface area contributed by atoms with Gasteiger partial charge in [-0.25, -0.2) is 12.8 Å². The number of hydrogen-bond acceptors (Lipinski definition) is 6. The minimum Gasteiger partial charge on any atom is -0.494 e. The fraction of sp³-hybridized carbons (Fsp3) is 0.400. The number of halogens is 1. The molecule has 206 valence electrons. The van der Waals surface area contributed by atoms with Crippen molar-refractivity contribution >= 4 is 21.4 Å². The lowest BCUT2D eigenvalue weighted by Crippen LogP contribution is -2.49. The summed E-state index contributed by atoms with van der Waals surface area (Å²) in [5.41, 5.74) is 2.96. The van der Waals surface area contributed by atoms with Gasteiger partial charge in [0.25, 0.3) is 0 Å². The van der Waals surface area contributed by atoms with Gasteiger partial charge < -0.3 is 15.0 Å². The van der Waals surface area contributed by atoms with Gasteiger partial charge in [0.1, 0.15) is 10.9 Å². The first-order valence-electron chi connectivity index (χ1n) is 13.6. The van der Waals surface area contributed by atoms with E-state index in [-0.39, 0.29) is 29.1 Å². The predicted octanol–water partition coefficient (Wildman–Crippen LogP) is 5.22. The summed E-state index contributed by atoms with van der Waals surface area (Å²) in [5.74, 6) is -1.10. The summed E-state index contributed by atoms with van der Waals surface area (Å²) in [7, 11) is -2.79. The van der Waals surface area contributed by atoms with Gasteiger partial charge in [-0.1, -0.05) is 50.3 Å². The zero-order valence-electron chi connectivity index (χ0n) is 22.1. The van der Waals surface area contributed by atoms with Gasteiger partial charge in [-0.15, -0.1) is 0 Å². The summed E-state index contributed by atoms with van der Waals surface area (Å²) in [5, 5.41) is 3.06. The number of fused-ring (bicyclic) bond motifs is 1. The van der Waals surface area contributed by atoms with E-state index < -0.39 is 20.5 Å². The molecule has 0 saturated heterocycles. The third kappa shape index (κ3) is 5.64. The first kappa shape index (κ1) is 27.1. The lowest BCUT2D eigenvalue weighted by atomic mass is 9.94. The average molecular weight is 552 g/mol. The molecule has 3 aromatic rings. The van der Waals surface area contributed by atoms with Crippen LogP contribution in [0.1, 0.15) is 56.1 Å². The Labute approximate surface area is 229 Å². The molecular formula is C30H34FN3O4S. The Kier molecular flexibility index (Phi) is 8.16. The van der Waals surface area contributed by atoms with Crippen molar-refractivity contribution in [3.05, 3.63) is 77.9 Å². The van der Waals surface area contributed by atoms with E-state index in [2.05, 4.69) is 15.2 Å². The Morgan fingerprint density at radius 3 is 2.49 bits per heavy atom. The minimum atomic E-state index is -4.07. The van der Waals surface area contributed by atoms with E-state index in [9.17, 15) is 17.6 Å². The highest BCUT2D eigenvalue weighted by Crippen LogP contribution is 2.37. The Morgan fingerprint density at radius 2 is 1.77 bits per heavy atom. The Morgan fingerprint density at radius 1 is 1.05 bits per heavy atom. The van der Waals surface area contributed by atoms with Crippen LogP contribution in [0.25, 0.3) is 0 Å². The molecule has 0 radical (unpaired) electrons. The normalized spacial score (nSPS) is 18.2. The van der Waals surface area contributed by atoms with E-state index in [0.29, 0.717) is 12.5 Å². The van der Waals surface area contributed by atoms with Gasteiger partial charge in [0.15, 0.2) is 11.6 Å². The van der Waals surface area contributed by atoms with Crippen LogP contribution in [0.15, 0.2) is 70.7 Å². The van der Waals surface area contributed by atoms with Crippen LogP contribution >= 0.6 is 0 Å². The number of carbonyl (C=O) groups is 1. The van der Waals surface area contributed by atoms with Crippen LogP contribution in [0.4, 0.5) is 10.1 Å². The Bertz CT molecular complexity index is 1420. The van der Waals surface area contributed by atoms with Crippen LogP contribution in [-0.4, -0.2) is 38.5 Å². The lowest BCUT2D eigenvalue weighted by molar-refractivity contribution is -0.122. The zero-order chi connectivity index (χ0) is 27.4. The number of aromatic nitrogens is 1. The van der Waals surface area contributed by atoms with Gasteiger partial charge in [-0.2, -0.15) is 0 Å². The molecule has 2 aliphatic rings. The number of carbonyl (C=O) groups excluding carboxylic acids is 1. The van der Waals surface area contributed by atoms with Crippen LogP contribution in [-0.2, 0) is 27.6 Å². The number of nitrogens with one attached hydrogen (secondary N) is 1. The number of anilines is 1. The van der Waals surface area contributed by atoms with Crippen molar-refractivity contribution in [2.24, 2.45) is 0 Å². The van der Waals surface area contributed by atoms with E-state index in [1.807, 2.05) is 12.3 Å². The lowest BCUT2D eigenvalue weighted by Gasteiger charge is -2.36. The number of rotatable bonds is 7. The van der Waals surface area contributed by atoms with E-state index in [1.165, 1.54) is 69.5 Å². The molecule has 1 atom stereocenters. The van der Waals surface area contributed by atoms with Gasteiger partial charge in [-0.05, 0) is 54.3 Å². The van der Waals surface area contributed by atoms with Crippen LogP contribution < -0.4 is 15.0 Å². The maximum absolute atomic E-state index is 14.6. The molecule has 0 spiro atoms. The van der Waals surface area contributed by atoms with Crippen molar-refractivity contribution in [2.75, 3.05) is 12.0 Å². The van der Waals surface area contributed by atoms with Gasteiger partial charge in [0.05, 0.1) is 12.0 Å². The summed E-state index contributed by atoms with van der Waals surface area (Å²) in [6.07, 6.45) is 12.5. The molecule has 1 saturated carbocycles. The standard InChI is InChI=1S/C30H34FN3O4S/c1-38-27-10-7-11-28(29(27)31)39(36,37)24-14-12-21(13-15-24)19-33-30(35)26-18-22-20-32-17-16-25(22)34(26)23-8-5-3-2-4-6-9-23/h7,10-17,20,23,26H,2-6,8-9,18-19H2,1H3,(H,33,35). The summed E-state index contributed by atoms with van der Waals surface area (Å²) >= 11 is 0. The number of amides is 1. The molecule has 1 unspecified atom stereocenters. The first-order chi connectivity index (χ1) is 18.9. The second-order valence-electron chi connectivity index (χ2n) is 10.3. The number of methoxy groups -OCH3 is 1. The molecule has 1 aliphatic heterocycles. The molecule has 1 aliphatic carbocycles. The number of benzene rings is 2. The maximum Gasteiger partial charge on any atom is 0.243 e. The molecule has 1 amide bonds. The van der Waals surface area contributed by atoms with Crippen molar-refractivity contribution in [2.45, 2.75) is 79.8 Å². The van der Waals surface area contributed by atoms with Gasteiger partial charge >= 0.3 is 0 Å². The van der Waals surface area contributed by atoms with Crippen LogP contribution in [0.2, 0.25) is 0 Å². The second kappa shape index (κ2) is 11.7. The summed E-state index contributed by atoms with van der Waals surface area (Å²) in [6, 6.07) is 12.2. The third-order valence-electron chi connectivity index (χ3n) is 7.81. The minimum absolute atomic E-state index is 0.0288. The monoisotopic (exact) mass is 551 g/mol. The van der Waals surface area contributed by atoms with Crippen molar-refractivity contribution in [3.63, 3.8) is 0 Å². The van der Waals surface area contributed by atoms with Crippen molar-refractivity contribution < 1.29 is 22.3 Å². The van der Waals surface area contributed by atoms with Crippen LogP contribution in [0, 0.1) is 5.82 Å².